The Bertz CT molecular complexity index is 401. The fourth-order valence-electron chi connectivity index (χ4n) is 1.72. The SMILES string of the molecule is CNC(C)c1ccc(OCC(=O)NCCC(C)C)cc1. The van der Waals surface area contributed by atoms with Crippen LogP contribution in [0.3, 0.4) is 0 Å². The zero-order valence-electron chi connectivity index (χ0n) is 12.9. The summed E-state index contributed by atoms with van der Waals surface area (Å²) in [4.78, 5) is 11.6. The predicted molar refractivity (Wildman–Crippen MR) is 81.9 cm³/mol. The first-order valence-electron chi connectivity index (χ1n) is 7.19. The molecule has 0 aliphatic rings. The van der Waals surface area contributed by atoms with Gasteiger partial charge in [0.15, 0.2) is 6.61 Å². The highest BCUT2D eigenvalue weighted by Crippen LogP contribution is 2.17. The van der Waals surface area contributed by atoms with Crippen molar-refractivity contribution in [3.05, 3.63) is 29.8 Å². The average molecular weight is 278 g/mol. The molecule has 0 radical (unpaired) electrons. The molecule has 1 amide bonds. The van der Waals surface area contributed by atoms with Crippen LogP contribution in [-0.2, 0) is 4.79 Å². The van der Waals surface area contributed by atoms with E-state index in [1.807, 2.05) is 31.3 Å². The summed E-state index contributed by atoms with van der Waals surface area (Å²) >= 11 is 0. The standard InChI is InChI=1S/C16H26N2O2/c1-12(2)9-10-18-16(19)11-20-15-7-5-14(6-8-15)13(3)17-4/h5-8,12-13,17H,9-11H2,1-4H3,(H,18,19). The topological polar surface area (TPSA) is 50.4 Å². The van der Waals surface area contributed by atoms with E-state index in [9.17, 15) is 4.79 Å². The first-order chi connectivity index (χ1) is 9.52. The van der Waals surface area contributed by atoms with Gasteiger partial charge in [-0.25, -0.2) is 0 Å². The molecule has 1 unspecified atom stereocenters. The smallest absolute Gasteiger partial charge is 0.257 e. The summed E-state index contributed by atoms with van der Waals surface area (Å²) in [6.07, 6.45) is 0.988. The van der Waals surface area contributed by atoms with Crippen molar-refractivity contribution in [2.75, 3.05) is 20.2 Å². The maximum absolute atomic E-state index is 11.6. The molecule has 0 heterocycles. The Morgan fingerprint density at radius 2 is 1.85 bits per heavy atom. The van der Waals surface area contributed by atoms with Crippen LogP contribution in [0.15, 0.2) is 24.3 Å². The van der Waals surface area contributed by atoms with Crippen LogP contribution in [-0.4, -0.2) is 26.1 Å². The van der Waals surface area contributed by atoms with Crippen LogP contribution in [0.5, 0.6) is 5.75 Å². The lowest BCUT2D eigenvalue weighted by Crippen LogP contribution is -2.30. The van der Waals surface area contributed by atoms with Crippen molar-refractivity contribution in [1.29, 1.82) is 0 Å². The van der Waals surface area contributed by atoms with Gasteiger partial charge < -0.3 is 15.4 Å². The highest BCUT2D eigenvalue weighted by atomic mass is 16.5. The van der Waals surface area contributed by atoms with E-state index in [0.717, 1.165) is 12.2 Å². The molecule has 0 aromatic heterocycles. The number of carbonyl (C=O) groups excluding carboxylic acids is 1. The van der Waals surface area contributed by atoms with Gasteiger partial charge in [0.2, 0.25) is 0 Å². The molecule has 4 heteroatoms. The van der Waals surface area contributed by atoms with Crippen LogP contribution in [0.4, 0.5) is 0 Å². The van der Waals surface area contributed by atoms with Crippen molar-refractivity contribution in [2.24, 2.45) is 5.92 Å². The van der Waals surface area contributed by atoms with Crippen LogP contribution in [0.2, 0.25) is 0 Å². The van der Waals surface area contributed by atoms with Gasteiger partial charge in [0, 0.05) is 12.6 Å². The molecule has 4 nitrogen and oxygen atoms in total. The average Bonchev–Trinajstić information content (AvgIpc) is 2.44. The fraction of sp³-hybridized carbons (Fsp3) is 0.562. The number of rotatable bonds is 8. The Morgan fingerprint density at radius 1 is 1.20 bits per heavy atom. The van der Waals surface area contributed by atoms with Crippen LogP contribution >= 0.6 is 0 Å². The van der Waals surface area contributed by atoms with Crippen molar-refractivity contribution < 1.29 is 9.53 Å². The summed E-state index contributed by atoms with van der Waals surface area (Å²) in [5.41, 5.74) is 1.20. The van der Waals surface area contributed by atoms with Crippen LogP contribution < -0.4 is 15.4 Å². The van der Waals surface area contributed by atoms with Crippen molar-refractivity contribution >= 4 is 5.91 Å². The molecule has 112 valence electrons. The molecular formula is C16H26N2O2. The molecule has 1 rings (SSSR count). The van der Waals surface area contributed by atoms with E-state index in [2.05, 4.69) is 31.4 Å². The van der Waals surface area contributed by atoms with E-state index in [0.29, 0.717) is 18.5 Å². The van der Waals surface area contributed by atoms with Gasteiger partial charge in [-0.3, -0.25) is 4.79 Å². The van der Waals surface area contributed by atoms with Crippen LogP contribution in [0.25, 0.3) is 0 Å². The molecule has 0 spiro atoms. The summed E-state index contributed by atoms with van der Waals surface area (Å²) in [6, 6.07) is 8.11. The first kappa shape index (κ1) is 16.5. The number of carbonyl (C=O) groups is 1. The normalized spacial score (nSPS) is 12.2. The lowest BCUT2D eigenvalue weighted by atomic mass is 10.1. The Morgan fingerprint density at radius 3 is 2.40 bits per heavy atom. The lowest BCUT2D eigenvalue weighted by molar-refractivity contribution is -0.123. The maximum atomic E-state index is 11.6. The van der Waals surface area contributed by atoms with Gasteiger partial charge in [-0.15, -0.1) is 0 Å². The highest BCUT2D eigenvalue weighted by molar-refractivity contribution is 5.77. The van der Waals surface area contributed by atoms with Gasteiger partial charge in [-0.1, -0.05) is 26.0 Å². The molecule has 1 aromatic carbocycles. The minimum Gasteiger partial charge on any atom is -0.484 e. The number of nitrogens with one attached hydrogen (secondary N) is 2. The molecule has 2 N–H and O–H groups in total. The van der Waals surface area contributed by atoms with E-state index < -0.39 is 0 Å². The quantitative estimate of drug-likeness (QED) is 0.768. The Kier molecular flexibility index (Phi) is 7.09. The van der Waals surface area contributed by atoms with E-state index >= 15 is 0 Å². The highest BCUT2D eigenvalue weighted by Gasteiger charge is 2.05. The Hall–Kier alpha value is -1.55. The molecule has 1 aromatic rings. The molecule has 20 heavy (non-hydrogen) atoms. The Balaban J connectivity index is 2.32. The van der Waals surface area contributed by atoms with Gasteiger partial charge >= 0.3 is 0 Å². The number of amides is 1. The van der Waals surface area contributed by atoms with Gasteiger partial charge in [-0.05, 0) is 44.0 Å². The third-order valence-electron chi connectivity index (χ3n) is 3.23. The van der Waals surface area contributed by atoms with E-state index in [1.54, 1.807) is 0 Å². The van der Waals surface area contributed by atoms with Gasteiger partial charge in [0.1, 0.15) is 5.75 Å². The lowest BCUT2D eigenvalue weighted by Gasteiger charge is -2.12. The summed E-state index contributed by atoms with van der Waals surface area (Å²) < 4.78 is 5.46. The van der Waals surface area contributed by atoms with E-state index in [4.69, 9.17) is 4.74 Å². The number of hydrogen-bond acceptors (Lipinski definition) is 3. The molecule has 0 bridgehead atoms. The summed E-state index contributed by atoms with van der Waals surface area (Å²) in [7, 11) is 1.93. The summed E-state index contributed by atoms with van der Waals surface area (Å²) in [6.45, 7) is 7.14. The predicted octanol–water partition coefficient (Wildman–Crippen LogP) is 2.51. The zero-order valence-corrected chi connectivity index (χ0v) is 12.9. The van der Waals surface area contributed by atoms with Crippen molar-refractivity contribution in [3.63, 3.8) is 0 Å². The molecule has 0 fully saturated rings. The third-order valence-corrected chi connectivity index (χ3v) is 3.23. The van der Waals surface area contributed by atoms with Crippen LogP contribution in [0, 0.1) is 5.92 Å². The Labute approximate surface area is 121 Å². The van der Waals surface area contributed by atoms with Gasteiger partial charge in [0.25, 0.3) is 5.91 Å². The second-order valence-electron chi connectivity index (χ2n) is 5.40. The minimum atomic E-state index is -0.0710. The molecule has 0 aliphatic carbocycles. The zero-order chi connectivity index (χ0) is 15.0. The third kappa shape index (κ3) is 6.06. The van der Waals surface area contributed by atoms with Gasteiger partial charge in [-0.2, -0.15) is 0 Å². The fourth-order valence-corrected chi connectivity index (χ4v) is 1.72. The summed E-state index contributed by atoms with van der Waals surface area (Å²) in [5.74, 6) is 1.24. The van der Waals surface area contributed by atoms with Crippen molar-refractivity contribution in [2.45, 2.75) is 33.2 Å². The first-order valence-corrected chi connectivity index (χ1v) is 7.19. The largest absolute Gasteiger partial charge is 0.484 e. The number of hydrogen-bond donors (Lipinski definition) is 2. The van der Waals surface area contributed by atoms with Gasteiger partial charge in [0.05, 0.1) is 0 Å². The summed E-state index contributed by atoms with van der Waals surface area (Å²) in [5, 5.41) is 6.03. The van der Waals surface area contributed by atoms with E-state index in [-0.39, 0.29) is 12.5 Å². The van der Waals surface area contributed by atoms with Crippen LogP contribution in [0.1, 0.15) is 38.8 Å². The van der Waals surface area contributed by atoms with Crippen molar-refractivity contribution in [3.8, 4) is 5.75 Å². The molecular weight excluding hydrogens is 252 g/mol. The number of benzene rings is 1. The minimum absolute atomic E-state index is 0.0685. The van der Waals surface area contributed by atoms with E-state index in [1.165, 1.54) is 5.56 Å². The van der Waals surface area contributed by atoms with Crippen molar-refractivity contribution in [1.82, 2.24) is 10.6 Å². The molecule has 0 aliphatic heterocycles. The molecule has 0 saturated heterocycles. The number of ether oxygens (including phenoxy) is 1. The second-order valence-corrected chi connectivity index (χ2v) is 5.40. The molecule has 1 atom stereocenters. The maximum Gasteiger partial charge on any atom is 0.257 e. The monoisotopic (exact) mass is 278 g/mol. The second kappa shape index (κ2) is 8.59. The molecule has 0 saturated carbocycles.